The van der Waals surface area contributed by atoms with Gasteiger partial charge in [0.2, 0.25) is 5.91 Å². The van der Waals surface area contributed by atoms with Gasteiger partial charge < -0.3 is 4.90 Å². The highest BCUT2D eigenvalue weighted by Crippen LogP contribution is 2.02. The maximum atomic E-state index is 11.4. The SMILES string of the molecule is CCS(=O)CCN1CNC(C)C1=O. The van der Waals surface area contributed by atoms with Crippen molar-refractivity contribution in [2.45, 2.75) is 19.9 Å². The Balaban J connectivity index is 2.30. The molecule has 1 rings (SSSR count). The first-order valence-corrected chi connectivity index (χ1v) is 6.01. The Labute approximate surface area is 81.1 Å². The van der Waals surface area contributed by atoms with E-state index in [0.717, 1.165) is 0 Å². The lowest BCUT2D eigenvalue weighted by atomic mass is 10.3. The average molecular weight is 204 g/mol. The predicted octanol–water partition coefficient (Wildman–Crippen LogP) is -0.467. The van der Waals surface area contributed by atoms with Gasteiger partial charge in [-0.05, 0) is 6.92 Å². The third kappa shape index (κ3) is 2.77. The van der Waals surface area contributed by atoms with Crippen molar-refractivity contribution in [1.82, 2.24) is 10.2 Å². The maximum absolute atomic E-state index is 11.4. The summed E-state index contributed by atoms with van der Waals surface area (Å²) < 4.78 is 11.1. The van der Waals surface area contributed by atoms with Crippen LogP contribution in [0.15, 0.2) is 0 Å². The van der Waals surface area contributed by atoms with Crippen LogP contribution in [0.1, 0.15) is 13.8 Å². The van der Waals surface area contributed by atoms with Crippen LogP contribution in [0.25, 0.3) is 0 Å². The second-order valence-corrected chi connectivity index (χ2v) is 4.98. The fourth-order valence-electron chi connectivity index (χ4n) is 1.23. The zero-order valence-corrected chi connectivity index (χ0v) is 8.89. The van der Waals surface area contributed by atoms with Crippen molar-refractivity contribution in [1.29, 1.82) is 0 Å². The van der Waals surface area contributed by atoms with Crippen LogP contribution in [0, 0.1) is 0 Å². The Morgan fingerprint density at radius 2 is 2.38 bits per heavy atom. The Hall–Kier alpha value is -0.420. The first kappa shape index (κ1) is 10.7. The molecule has 5 heteroatoms. The molecule has 0 saturated carbocycles. The lowest BCUT2D eigenvalue weighted by Gasteiger charge is -2.13. The lowest BCUT2D eigenvalue weighted by Crippen LogP contribution is -2.32. The van der Waals surface area contributed by atoms with Gasteiger partial charge in [0, 0.05) is 28.9 Å². The van der Waals surface area contributed by atoms with Gasteiger partial charge in [0.05, 0.1) is 12.7 Å². The fourth-order valence-corrected chi connectivity index (χ4v) is 1.94. The molecule has 76 valence electrons. The van der Waals surface area contributed by atoms with Crippen molar-refractivity contribution in [2.75, 3.05) is 24.7 Å². The van der Waals surface area contributed by atoms with Gasteiger partial charge in [-0.15, -0.1) is 0 Å². The first-order valence-electron chi connectivity index (χ1n) is 4.52. The number of hydrogen-bond acceptors (Lipinski definition) is 3. The second-order valence-electron chi connectivity index (χ2n) is 3.12. The summed E-state index contributed by atoms with van der Waals surface area (Å²) in [5.74, 6) is 1.38. The van der Waals surface area contributed by atoms with E-state index in [1.165, 1.54) is 0 Å². The van der Waals surface area contributed by atoms with Gasteiger partial charge in [-0.3, -0.25) is 14.3 Å². The molecule has 1 fully saturated rings. The summed E-state index contributed by atoms with van der Waals surface area (Å²) >= 11 is 0. The largest absolute Gasteiger partial charge is 0.328 e. The molecule has 0 bridgehead atoms. The fraction of sp³-hybridized carbons (Fsp3) is 0.875. The van der Waals surface area contributed by atoms with E-state index >= 15 is 0 Å². The molecule has 0 radical (unpaired) electrons. The summed E-state index contributed by atoms with van der Waals surface area (Å²) in [7, 11) is -0.771. The van der Waals surface area contributed by atoms with Crippen LogP contribution in [0.2, 0.25) is 0 Å². The summed E-state index contributed by atoms with van der Waals surface area (Å²) in [5.41, 5.74) is 0. The standard InChI is InChI=1S/C8H16N2O2S/c1-3-13(12)5-4-10-6-9-7(2)8(10)11/h7,9H,3-6H2,1-2H3. The van der Waals surface area contributed by atoms with E-state index < -0.39 is 10.8 Å². The van der Waals surface area contributed by atoms with E-state index in [4.69, 9.17) is 0 Å². The third-order valence-corrected chi connectivity index (χ3v) is 3.46. The van der Waals surface area contributed by atoms with Gasteiger partial charge in [-0.1, -0.05) is 6.92 Å². The molecule has 1 N–H and O–H groups in total. The minimum Gasteiger partial charge on any atom is -0.328 e. The molecular formula is C8H16N2O2S. The Kier molecular flexibility index (Phi) is 3.87. The third-order valence-electron chi connectivity index (χ3n) is 2.18. The van der Waals surface area contributed by atoms with Crippen molar-refractivity contribution in [2.24, 2.45) is 0 Å². The lowest BCUT2D eigenvalue weighted by molar-refractivity contribution is -0.128. The van der Waals surface area contributed by atoms with E-state index in [1.807, 2.05) is 13.8 Å². The maximum Gasteiger partial charge on any atom is 0.240 e. The Morgan fingerprint density at radius 3 is 2.85 bits per heavy atom. The number of rotatable bonds is 4. The Morgan fingerprint density at radius 1 is 1.69 bits per heavy atom. The number of hydrogen-bond donors (Lipinski definition) is 1. The van der Waals surface area contributed by atoms with Crippen LogP contribution < -0.4 is 5.32 Å². The molecule has 1 heterocycles. The molecule has 0 aromatic carbocycles. The number of carbonyl (C=O) groups excluding carboxylic acids is 1. The van der Waals surface area contributed by atoms with Gasteiger partial charge in [-0.25, -0.2) is 0 Å². The van der Waals surface area contributed by atoms with Gasteiger partial charge in [-0.2, -0.15) is 0 Å². The van der Waals surface area contributed by atoms with Gasteiger partial charge in [0.1, 0.15) is 0 Å². The van der Waals surface area contributed by atoms with Crippen LogP contribution in [0.5, 0.6) is 0 Å². The summed E-state index contributed by atoms with van der Waals surface area (Å²) in [6.45, 7) is 4.94. The highest BCUT2D eigenvalue weighted by molar-refractivity contribution is 7.84. The molecule has 2 unspecified atom stereocenters. The zero-order valence-electron chi connectivity index (χ0n) is 8.08. The first-order chi connectivity index (χ1) is 6.15. The highest BCUT2D eigenvalue weighted by atomic mass is 32.2. The van der Waals surface area contributed by atoms with Gasteiger partial charge in [0.25, 0.3) is 0 Å². The van der Waals surface area contributed by atoms with Gasteiger partial charge in [0.15, 0.2) is 0 Å². The normalized spacial score (nSPS) is 25.2. The minimum atomic E-state index is -0.771. The van der Waals surface area contributed by atoms with Crippen molar-refractivity contribution in [3.63, 3.8) is 0 Å². The predicted molar refractivity (Wildman–Crippen MR) is 52.7 cm³/mol. The van der Waals surface area contributed by atoms with Crippen molar-refractivity contribution >= 4 is 16.7 Å². The van der Waals surface area contributed by atoms with Crippen molar-refractivity contribution in [3.8, 4) is 0 Å². The van der Waals surface area contributed by atoms with Crippen LogP contribution in [-0.4, -0.2) is 45.8 Å². The molecule has 0 aliphatic carbocycles. The van der Waals surface area contributed by atoms with Crippen LogP contribution in [-0.2, 0) is 15.6 Å². The summed E-state index contributed by atoms with van der Waals surface area (Å²) in [6.07, 6.45) is 0. The van der Waals surface area contributed by atoms with E-state index in [0.29, 0.717) is 24.7 Å². The van der Waals surface area contributed by atoms with E-state index in [9.17, 15) is 9.00 Å². The molecular weight excluding hydrogens is 188 g/mol. The zero-order chi connectivity index (χ0) is 9.84. The average Bonchev–Trinajstić information content (AvgIpc) is 2.44. The summed E-state index contributed by atoms with van der Waals surface area (Å²) in [6, 6.07) is -0.0740. The minimum absolute atomic E-state index is 0.0740. The molecule has 1 amide bonds. The molecule has 0 aromatic heterocycles. The summed E-state index contributed by atoms with van der Waals surface area (Å²) in [4.78, 5) is 13.1. The molecule has 1 saturated heterocycles. The molecule has 0 spiro atoms. The van der Waals surface area contributed by atoms with Crippen LogP contribution >= 0.6 is 0 Å². The second kappa shape index (κ2) is 4.72. The smallest absolute Gasteiger partial charge is 0.240 e. The monoisotopic (exact) mass is 204 g/mol. The van der Waals surface area contributed by atoms with Crippen molar-refractivity contribution < 1.29 is 9.00 Å². The molecule has 2 atom stereocenters. The summed E-state index contributed by atoms with van der Waals surface area (Å²) in [5, 5.41) is 3.04. The number of amides is 1. The Bertz CT molecular complexity index is 220. The molecule has 1 aliphatic rings. The molecule has 1 aliphatic heterocycles. The van der Waals surface area contributed by atoms with Crippen LogP contribution in [0.3, 0.4) is 0 Å². The topological polar surface area (TPSA) is 49.4 Å². The van der Waals surface area contributed by atoms with E-state index in [-0.39, 0.29) is 11.9 Å². The van der Waals surface area contributed by atoms with E-state index in [1.54, 1.807) is 4.90 Å². The van der Waals surface area contributed by atoms with Gasteiger partial charge >= 0.3 is 0 Å². The van der Waals surface area contributed by atoms with Crippen molar-refractivity contribution in [3.05, 3.63) is 0 Å². The molecule has 0 aromatic rings. The van der Waals surface area contributed by atoms with E-state index in [2.05, 4.69) is 5.32 Å². The number of nitrogens with one attached hydrogen (secondary N) is 1. The molecule has 4 nitrogen and oxygen atoms in total. The highest BCUT2D eigenvalue weighted by Gasteiger charge is 2.26. The molecule has 13 heavy (non-hydrogen) atoms. The number of carbonyl (C=O) groups is 1. The number of nitrogens with zero attached hydrogens (tertiary/aromatic N) is 1. The quantitative estimate of drug-likeness (QED) is 0.673. The van der Waals surface area contributed by atoms with Crippen LogP contribution in [0.4, 0.5) is 0 Å².